The van der Waals surface area contributed by atoms with Crippen LogP contribution in [0.3, 0.4) is 0 Å². The standard InChI is InChI=1S/C23H21ClN2O3/c24-20-9-2-1-8-19(20)23(27)26-17-7-5-6-16(12-17)13-25-14-18-15-28-21-10-3-4-11-22(21)29-18/h1-12,18,25H,13-15H2,(H,26,27)/t18-/m0/s1. The van der Waals surface area contributed by atoms with E-state index in [1.165, 1.54) is 0 Å². The van der Waals surface area contributed by atoms with E-state index in [0.717, 1.165) is 22.7 Å². The summed E-state index contributed by atoms with van der Waals surface area (Å²) in [5.74, 6) is 1.33. The Kier molecular flexibility index (Phi) is 5.98. The van der Waals surface area contributed by atoms with Gasteiger partial charge in [-0.15, -0.1) is 0 Å². The molecule has 0 aliphatic carbocycles. The van der Waals surface area contributed by atoms with Gasteiger partial charge in [-0.2, -0.15) is 0 Å². The van der Waals surface area contributed by atoms with Crippen LogP contribution in [0, 0.1) is 0 Å². The highest BCUT2D eigenvalue weighted by atomic mass is 35.5. The largest absolute Gasteiger partial charge is 0.486 e. The molecule has 4 rings (SSSR count). The first-order valence-corrected chi connectivity index (χ1v) is 9.81. The van der Waals surface area contributed by atoms with Crippen molar-refractivity contribution in [3.8, 4) is 11.5 Å². The number of fused-ring (bicyclic) bond motifs is 1. The Hall–Kier alpha value is -3.02. The van der Waals surface area contributed by atoms with Crippen molar-refractivity contribution in [1.29, 1.82) is 0 Å². The molecule has 5 nitrogen and oxygen atoms in total. The number of nitrogens with one attached hydrogen (secondary N) is 2. The molecule has 0 bridgehead atoms. The van der Waals surface area contributed by atoms with E-state index in [1.807, 2.05) is 48.5 Å². The molecule has 1 heterocycles. The lowest BCUT2D eigenvalue weighted by Crippen LogP contribution is -2.38. The van der Waals surface area contributed by atoms with Gasteiger partial charge in [-0.1, -0.05) is 48.0 Å². The number of carbonyl (C=O) groups excluding carboxylic acids is 1. The van der Waals surface area contributed by atoms with E-state index >= 15 is 0 Å². The predicted molar refractivity (Wildman–Crippen MR) is 114 cm³/mol. The third-order valence-electron chi connectivity index (χ3n) is 4.57. The van der Waals surface area contributed by atoms with Crippen molar-refractivity contribution in [2.45, 2.75) is 12.6 Å². The number of anilines is 1. The summed E-state index contributed by atoms with van der Waals surface area (Å²) in [5.41, 5.74) is 2.23. The number of amides is 1. The van der Waals surface area contributed by atoms with Crippen LogP contribution < -0.4 is 20.1 Å². The number of para-hydroxylation sites is 2. The van der Waals surface area contributed by atoms with Crippen molar-refractivity contribution in [3.05, 3.63) is 88.9 Å². The van der Waals surface area contributed by atoms with Crippen LogP contribution in [-0.4, -0.2) is 25.2 Å². The van der Waals surface area contributed by atoms with E-state index < -0.39 is 0 Å². The minimum absolute atomic E-state index is 0.0481. The lowest BCUT2D eigenvalue weighted by molar-refractivity contribution is 0.0902. The second-order valence-corrected chi connectivity index (χ2v) is 7.17. The van der Waals surface area contributed by atoms with Crippen molar-refractivity contribution in [2.75, 3.05) is 18.5 Å². The highest BCUT2D eigenvalue weighted by Gasteiger charge is 2.20. The Labute approximate surface area is 174 Å². The minimum atomic E-state index is -0.230. The van der Waals surface area contributed by atoms with Crippen LogP contribution in [0.25, 0.3) is 0 Å². The average molecular weight is 409 g/mol. The van der Waals surface area contributed by atoms with E-state index in [4.69, 9.17) is 21.1 Å². The van der Waals surface area contributed by atoms with E-state index in [0.29, 0.717) is 30.3 Å². The summed E-state index contributed by atoms with van der Waals surface area (Å²) in [6.45, 7) is 1.82. The summed E-state index contributed by atoms with van der Waals surface area (Å²) < 4.78 is 11.7. The van der Waals surface area contributed by atoms with Crippen molar-refractivity contribution in [3.63, 3.8) is 0 Å². The molecule has 0 saturated carbocycles. The van der Waals surface area contributed by atoms with Gasteiger partial charge in [-0.05, 0) is 42.0 Å². The molecule has 0 unspecified atom stereocenters. The molecule has 0 radical (unpaired) electrons. The lowest BCUT2D eigenvalue weighted by atomic mass is 10.1. The second-order valence-electron chi connectivity index (χ2n) is 6.76. The van der Waals surface area contributed by atoms with Crippen LogP contribution >= 0.6 is 11.6 Å². The third kappa shape index (κ3) is 4.88. The van der Waals surface area contributed by atoms with Gasteiger partial charge in [0, 0.05) is 18.8 Å². The number of ether oxygens (including phenoxy) is 2. The second kappa shape index (κ2) is 8.99. The topological polar surface area (TPSA) is 59.6 Å². The number of halogens is 1. The van der Waals surface area contributed by atoms with Crippen molar-refractivity contribution < 1.29 is 14.3 Å². The molecule has 0 fully saturated rings. The van der Waals surface area contributed by atoms with Gasteiger partial charge in [-0.3, -0.25) is 4.79 Å². The first kappa shape index (κ1) is 19.3. The van der Waals surface area contributed by atoms with Crippen LogP contribution in [0.2, 0.25) is 5.02 Å². The number of rotatable bonds is 6. The molecular weight excluding hydrogens is 388 g/mol. The lowest BCUT2D eigenvalue weighted by Gasteiger charge is -2.26. The maximum absolute atomic E-state index is 12.4. The summed E-state index contributed by atoms with van der Waals surface area (Å²) >= 11 is 6.10. The van der Waals surface area contributed by atoms with E-state index in [-0.39, 0.29) is 12.0 Å². The fourth-order valence-electron chi connectivity index (χ4n) is 3.14. The van der Waals surface area contributed by atoms with Crippen molar-refractivity contribution in [1.82, 2.24) is 5.32 Å². The van der Waals surface area contributed by atoms with Gasteiger partial charge in [-0.25, -0.2) is 0 Å². The van der Waals surface area contributed by atoms with E-state index in [9.17, 15) is 4.79 Å². The van der Waals surface area contributed by atoms with Crippen molar-refractivity contribution in [2.24, 2.45) is 0 Å². The average Bonchev–Trinajstić information content (AvgIpc) is 2.74. The molecule has 148 valence electrons. The molecule has 2 N–H and O–H groups in total. The van der Waals surface area contributed by atoms with Crippen LogP contribution in [0.1, 0.15) is 15.9 Å². The molecule has 0 aromatic heterocycles. The highest BCUT2D eigenvalue weighted by molar-refractivity contribution is 6.34. The van der Waals surface area contributed by atoms with Crippen LogP contribution in [-0.2, 0) is 6.54 Å². The van der Waals surface area contributed by atoms with Crippen LogP contribution in [0.15, 0.2) is 72.8 Å². The molecule has 0 saturated heterocycles. The molecule has 0 spiro atoms. The molecular formula is C23H21ClN2O3. The number of hydrogen-bond acceptors (Lipinski definition) is 4. The fourth-order valence-corrected chi connectivity index (χ4v) is 3.37. The molecule has 6 heteroatoms. The Morgan fingerprint density at radius 2 is 1.79 bits per heavy atom. The zero-order valence-electron chi connectivity index (χ0n) is 15.7. The van der Waals surface area contributed by atoms with Crippen LogP contribution in [0.4, 0.5) is 5.69 Å². The summed E-state index contributed by atoms with van der Waals surface area (Å²) in [5, 5.41) is 6.71. The Morgan fingerprint density at radius 3 is 2.66 bits per heavy atom. The molecule has 3 aromatic rings. The fraction of sp³-hybridized carbons (Fsp3) is 0.174. The van der Waals surface area contributed by atoms with E-state index in [2.05, 4.69) is 10.6 Å². The Bertz CT molecular complexity index is 1010. The van der Waals surface area contributed by atoms with E-state index in [1.54, 1.807) is 24.3 Å². The zero-order valence-corrected chi connectivity index (χ0v) is 16.5. The summed E-state index contributed by atoms with van der Waals surface area (Å²) in [4.78, 5) is 12.4. The highest BCUT2D eigenvalue weighted by Crippen LogP contribution is 2.30. The number of benzene rings is 3. The van der Waals surface area contributed by atoms with Gasteiger partial charge in [0.05, 0.1) is 10.6 Å². The smallest absolute Gasteiger partial charge is 0.257 e. The molecule has 1 aliphatic heterocycles. The van der Waals surface area contributed by atoms with Gasteiger partial charge in [0.2, 0.25) is 0 Å². The summed E-state index contributed by atoms with van der Waals surface area (Å²) in [6, 6.07) is 22.4. The molecule has 1 amide bonds. The SMILES string of the molecule is O=C(Nc1cccc(CNC[C@H]2COc3ccccc3O2)c1)c1ccccc1Cl. The normalized spacial score (nSPS) is 15.0. The maximum Gasteiger partial charge on any atom is 0.257 e. The number of carbonyl (C=O) groups is 1. The molecule has 29 heavy (non-hydrogen) atoms. The van der Waals surface area contributed by atoms with Gasteiger partial charge in [0.15, 0.2) is 11.5 Å². The zero-order chi connectivity index (χ0) is 20.1. The maximum atomic E-state index is 12.4. The molecule has 1 atom stereocenters. The quantitative estimate of drug-likeness (QED) is 0.629. The van der Waals surface area contributed by atoms with Gasteiger partial charge >= 0.3 is 0 Å². The molecule has 1 aliphatic rings. The minimum Gasteiger partial charge on any atom is -0.486 e. The van der Waals surface area contributed by atoms with Crippen molar-refractivity contribution >= 4 is 23.2 Å². The molecule has 3 aromatic carbocycles. The summed E-state index contributed by atoms with van der Waals surface area (Å²) in [6.07, 6.45) is -0.0481. The monoisotopic (exact) mass is 408 g/mol. The first-order valence-electron chi connectivity index (χ1n) is 9.43. The van der Waals surface area contributed by atoms with Crippen LogP contribution in [0.5, 0.6) is 11.5 Å². The predicted octanol–water partition coefficient (Wildman–Crippen LogP) is 4.52. The summed E-state index contributed by atoms with van der Waals surface area (Å²) in [7, 11) is 0. The van der Waals surface area contributed by atoms with Gasteiger partial charge < -0.3 is 20.1 Å². The Balaban J connectivity index is 1.30. The Morgan fingerprint density at radius 1 is 1.00 bits per heavy atom. The third-order valence-corrected chi connectivity index (χ3v) is 4.90. The first-order chi connectivity index (χ1) is 14.2. The number of hydrogen-bond donors (Lipinski definition) is 2. The van der Waals surface area contributed by atoms with Gasteiger partial charge in [0.1, 0.15) is 12.7 Å². The van der Waals surface area contributed by atoms with Gasteiger partial charge in [0.25, 0.3) is 5.91 Å².